The van der Waals surface area contributed by atoms with Crippen molar-refractivity contribution in [3.05, 3.63) is 0 Å². The maximum absolute atomic E-state index is 12.3. The number of nitrogens with zero attached hydrogens (tertiary/aromatic N) is 2. The first-order chi connectivity index (χ1) is 9.90. The monoisotopic (exact) mass is 296 g/mol. The summed E-state index contributed by atoms with van der Waals surface area (Å²) in [6.07, 6.45) is 3.03. The molecule has 1 unspecified atom stereocenters. The number of hydrogen-bond donors (Lipinski definition) is 1. The Morgan fingerprint density at radius 2 is 1.90 bits per heavy atom. The van der Waals surface area contributed by atoms with Gasteiger partial charge < -0.3 is 5.11 Å². The number of rotatable bonds is 5. The van der Waals surface area contributed by atoms with Gasteiger partial charge in [0.2, 0.25) is 11.8 Å². The second kappa shape index (κ2) is 6.56. The Hall–Kier alpha value is -1.43. The summed E-state index contributed by atoms with van der Waals surface area (Å²) in [6, 6.07) is -0.386. The predicted molar refractivity (Wildman–Crippen MR) is 76.6 cm³/mol. The second-order valence-corrected chi connectivity index (χ2v) is 6.33. The molecule has 2 rings (SSSR count). The summed E-state index contributed by atoms with van der Waals surface area (Å²) in [4.78, 5) is 38.3. The molecule has 2 aliphatic heterocycles. The summed E-state index contributed by atoms with van der Waals surface area (Å²) in [7, 11) is 0. The van der Waals surface area contributed by atoms with E-state index in [1.54, 1.807) is 0 Å². The van der Waals surface area contributed by atoms with Gasteiger partial charge in [-0.1, -0.05) is 0 Å². The summed E-state index contributed by atoms with van der Waals surface area (Å²) in [5, 5.41) is 8.72. The average molecular weight is 296 g/mol. The third kappa shape index (κ3) is 3.61. The van der Waals surface area contributed by atoms with Crippen molar-refractivity contribution < 1.29 is 19.5 Å². The van der Waals surface area contributed by atoms with Gasteiger partial charge in [-0.25, -0.2) is 0 Å². The number of aliphatic carboxylic acids is 1. The first kappa shape index (κ1) is 15.9. The van der Waals surface area contributed by atoms with E-state index in [4.69, 9.17) is 5.11 Å². The molecule has 2 aliphatic rings. The molecule has 0 radical (unpaired) electrons. The van der Waals surface area contributed by atoms with Crippen molar-refractivity contribution in [2.24, 2.45) is 5.92 Å². The zero-order chi connectivity index (χ0) is 15.6. The fraction of sp³-hybridized carbons (Fsp3) is 0.800. The minimum Gasteiger partial charge on any atom is -0.481 e. The third-order valence-corrected chi connectivity index (χ3v) is 4.53. The van der Waals surface area contributed by atoms with E-state index in [1.165, 1.54) is 4.90 Å². The van der Waals surface area contributed by atoms with Crippen molar-refractivity contribution in [1.82, 2.24) is 9.80 Å². The standard InChI is InChI=1S/C15H24N2O4/c1-10(2)17-13(18)9-12(15(17)21)16-7-5-11(6-8-16)3-4-14(19)20/h10-12H,3-9H2,1-2H3,(H,19,20). The van der Waals surface area contributed by atoms with Crippen molar-refractivity contribution in [3.8, 4) is 0 Å². The van der Waals surface area contributed by atoms with E-state index in [0.717, 1.165) is 25.9 Å². The number of piperidine rings is 1. The molecule has 2 amide bonds. The van der Waals surface area contributed by atoms with Crippen LogP contribution in [0.25, 0.3) is 0 Å². The molecule has 0 aromatic heterocycles. The number of carbonyl (C=O) groups excluding carboxylic acids is 2. The SMILES string of the molecule is CC(C)N1C(=O)CC(N2CCC(CCC(=O)O)CC2)C1=O. The van der Waals surface area contributed by atoms with Crippen LogP contribution in [0.5, 0.6) is 0 Å². The van der Waals surface area contributed by atoms with E-state index < -0.39 is 5.97 Å². The molecule has 0 saturated carbocycles. The Balaban J connectivity index is 1.87. The van der Waals surface area contributed by atoms with Gasteiger partial charge in [-0.15, -0.1) is 0 Å². The van der Waals surface area contributed by atoms with Crippen molar-refractivity contribution in [3.63, 3.8) is 0 Å². The number of amides is 2. The van der Waals surface area contributed by atoms with Gasteiger partial charge in [-0.3, -0.25) is 24.2 Å². The summed E-state index contributed by atoms with van der Waals surface area (Å²) in [5.74, 6) is -0.473. The van der Waals surface area contributed by atoms with Gasteiger partial charge in [0.05, 0.1) is 12.5 Å². The first-order valence-corrected chi connectivity index (χ1v) is 7.72. The Bertz CT molecular complexity index is 427. The Morgan fingerprint density at radius 1 is 1.29 bits per heavy atom. The molecule has 0 bridgehead atoms. The minimum absolute atomic E-state index is 0.0704. The van der Waals surface area contributed by atoms with Gasteiger partial charge in [-0.05, 0) is 52.1 Å². The average Bonchev–Trinajstić information content (AvgIpc) is 2.72. The van der Waals surface area contributed by atoms with Crippen LogP contribution in [0, 0.1) is 5.92 Å². The molecule has 0 aliphatic carbocycles. The van der Waals surface area contributed by atoms with Crippen LogP contribution in [-0.2, 0) is 14.4 Å². The van der Waals surface area contributed by atoms with E-state index in [0.29, 0.717) is 12.3 Å². The molecule has 0 spiro atoms. The molecular formula is C15H24N2O4. The van der Waals surface area contributed by atoms with Gasteiger partial charge in [0.25, 0.3) is 0 Å². The van der Waals surface area contributed by atoms with Crippen LogP contribution in [0.4, 0.5) is 0 Å². The van der Waals surface area contributed by atoms with Crippen molar-refractivity contribution >= 4 is 17.8 Å². The maximum Gasteiger partial charge on any atom is 0.303 e. The Kier molecular flexibility index (Phi) is 4.98. The van der Waals surface area contributed by atoms with Crippen LogP contribution in [0.2, 0.25) is 0 Å². The van der Waals surface area contributed by atoms with Gasteiger partial charge in [0.15, 0.2) is 0 Å². The second-order valence-electron chi connectivity index (χ2n) is 6.33. The Morgan fingerprint density at radius 3 is 2.38 bits per heavy atom. The maximum atomic E-state index is 12.3. The van der Waals surface area contributed by atoms with Crippen molar-refractivity contribution in [2.45, 2.75) is 58.0 Å². The molecule has 0 aromatic carbocycles. The number of likely N-dealkylation sites (tertiary alicyclic amines) is 2. The number of carbonyl (C=O) groups is 3. The number of imide groups is 1. The molecule has 2 saturated heterocycles. The number of carboxylic acids is 1. The van der Waals surface area contributed by atoms with Crippen molar-refractivity contribution in [1.29, 1.82) is 0 Å². The first-order valence-electron chi connectivity index (χ1n) is 7.72. The normalized spacial score (nSPS) is 25.1. The molecule has 2 fully saturated rings. The predicted octanol–water partition coefficient (Wildman–Crippen LogP) is 1.10. The van der Waals surface area contributed by atoms with Gasteiger partial charge >= 0.3 is 5.97 Å². The summed E-state index contributed by atoms with van der Waals surface area (Å²) >= 11 is 0. The smallest absolute Gasteiger partial charge is 0.303 e. The summed E-state index contributed by atoms with van der Waals surface area (Å²) in [6.45, 7) is 5.27. The Labute approximate surface area is 125 Å². The van der Waals surface area contributed by atoms with Crippen LogP contribution in [-0.4, -0.2) is 57.9 Å². The molecule has 6 nitrogen and oxygen atoms in total. The lowest BCUT2D eigenvalue weighted by atomic mass is 9.91. The minimum atomic E-state index is -0.749. The molecule has 21 heavy (non-hydrogen) atoms. The number of hydrogen-bond acceptors (Lipinski definition) is 4. The summed E-state index contributed by atoms with van der Waals surface area (Å²) < 4.78 is 0. The highest BCUT2D eigenvalue weighted by Gasteiger charge is 2.43. The molecule has 0 aromatic rings. The molecule has 1 atom stereocenters. The van der Waals surface area contributed by atoms with Crippen LogP contribution in [0.15, 0.2) is 0 Å². The number of carboxylic acid groups (broad SMARTS) is 1. The molecule has 2 heterocycles. The van der Waals surface area contributed by atoms with Gasteiger partial charge in [0.1, 0.15) is 0 Å². The highest BCUT2D eigenvalue weighted by Crippen LogP contribution is 2.27. The summed E-state index contributed by atoms with van der Waals surface area (Å²) in [5.41, 5.74) is 0. The zero-order valence-corrected chi connectivity index (χ0v) is 12.7. The lowest BCUT2D eigenvalue weighted by Gasteiger charge is -2.34. The van der Waals surface area contributed by atoms with E-state index in [9.17, 15) is 14.4 Å². The van der Waals surface area contributed by atoms with E-state index in [-0.39, 0.29) is 36.7 Å². The zero-order valence-electron chi connectivity index (χ0n) is 12.7. The van der Waals surface area contributed by atoms with E-state index in [2.05, 4.69) is 4.90 Å². The fourth-order valence-electron chi connectivity index (χ4n) is 3.34. The van der Waals surface area contributed by atoms with Crippen LogP contribution < -0.4 is 0 Å². The highest BCUT2D eigenvalue weighted by atomic mass is 16.4. The van der Waals surface area contributed by atoms with E-state index in [1.807, 2.05) is 13.8 Å². The lowest BCUT2D eigenvalue weighted by Crippen LogP contribution is -2.47. The highest BCUT2D eigenvalue weighted by molar-refractivity contribution is 6.05. The van der Waals surface area contributed by atoms with Crippen LogP contribution in [0.1, 0.15) is 46.0 Å². The quantitative estimate of drug-likeness (QED) is 0.769. The topological polar surface area (TPSA) is 77.9 Å². The van der Waals surface area contributed by atoms with Crippen LogP contribution >= 0.6 is 0 Å². The van der Waals surface area contributed by atoms with Gasteiger partial charge in [-0.2, -0.15) is 0 Å². The van der Waals surface area contributed by atoms with Crippen LogP contribution in [0.3, 0.4) is 0 Å². The van der Waals surface area contributed by atoms with Gasteiger partial charge in [0, 0.05) is 12.5 Å². The third-order valence-electron chi connectivity index (χ3n) is 4.53. The molecule has 6 heteroatoms. The molecular weight excluding hydrogens is 272 g/mol. The fourth-order valence-corrected chi connectivity index (χ4v) is 3.34. The van der Waals surface area contributed by atoms with Crippen molar-refractivity contribution in [2.75, 3.05) is 13.1 Å². The molecule has 1 N–H and O–H groups in total. The lowest BCUT2D eigenvalue weighted by molar-refractivity contribution is -0.142. The largest absolute Gasteiger partial charge is 0.481 e. The molecule has 118 valence electrons. The van der Waals surface area contributed by atoms with E-state index >= 15 is 0 Å².